The molecule has 0 saturated heterocycles. The van der Waals surface area contributed by atoms with Crippen LogP contribution in [0.3, 0.4) is 0 Å². The zero-order valence-electron chi connectivity index (χ0n) is 34.9. The van der Waals surface area contributed by atoms with Crippen molar-refractivity contribution in [2.45, 2.75) is 0 Å². The van der Waals surface area contributed by atoms with Gasteiger partial charge in [-0.25, -0.2) is 31.1 Å². The number of rotatable bonds is 8. The van der Waals surface area contributed by atoms with E-state index in [-0.39, 0.29) is 42.1 Å². The van der Waals surface area contributed by atoms with Crippen molar-refractivity contribution >= 4 is 43.6 Å². The predicted molar refractivity (Wildman–Crippen MR) is 254 cm³/mol. The van der Waals surface area contributed by atoms with Crippen molar-refractivity contribution in [1.82, 2.24) is 29.1 Å². The fourth-order valence-corrected chi connectivity index (χ4v) is 8.11. The number of hydrogen-bond acceptors (Lipinski definition) is 6. The van der Waals surface area contributed by atoms with Crippen molar-refractivity contribution in [1.29, 1.82) is 0 Å². The molecule has 0 N–H and O–H groups in total. The molecule has 0 unspecified atom stereocenters. The molecule has 0 aliphatic rings. The van der Waals surface area contributed by atoms with Crippen LogP contribution in [0.25, 0.3) is 77.5 Å². The van der Waals surface area contributed by atoms with Crippen molar-refractivity contribution in [3.05, 3.63) is 231 Å². The summed E-state index contributed by atoms with van der Waals surface area (Å²) >= 11 is 0. The molecule has 0 radical (unpaired) electrons. The molecule has 0 bridgehead atoms. The normalized spacial score (nSPS) is 10.8. The number of pyridine rings is 4. The first-order valence-corrected chi connectivity index (χ1v) is 20.9. The minimum Gasteiger partial charge on any atom is -0.460 e. The van der Waals surface area contributed by atoms with Crippen molar-refractivity contribution in [2.75, 3.05) is 0 Å². The van der Waals surface area contributed by atoms with Crippen LogP contribution in [0.2, 0.25) is 0 Å². The summed E-state index contributed by atoms with van der Waals surface area (Å²) in [5, 5.41) is 4.73. The first-order chi connectivity index (χ1) is 31.7. The first kappa shape index (κ1) is 43.7. The van der Waals surface area contributed by atoms with Crippen LogP contribution in [-0.4, -0.2) is 29.1 Å². The summed E-state index contributed by atoms with van der Waals surface area (Å²) in [5.41, 5.74) is 8.38. The number of benzene rings is 6. The quantitative estimate of drug-likeness (QED) is 0.141. The molecule has 0 saturated carbocycles. The molecule has 12 aromatic rings. The maximum Gasteiger partial charge on any atom is 2.00 e. The second kappa shape index (κ2) is 19.7. The maximum atomic E-state index is 5.94. The van der Waals surface area contributed by atoms with E-state index in [4.69, 9.17) is 9.47 Å². The Hall–Kier alpha value is -7.50. The van der Waals surface area contributed by atoms with E-state index in [1.54, 1.807) is 12.4 Å². The van der Waals surface area contributed by atoms with E-state index in [1.807, 2.05) is 128 Å². The van der Waals surface area contributed by atoms with Gasteiger partial charge in [-0.05, 0) is 88.8 Å². The summed E-state index contributed by atoms with van der Waals surface area (Å²) in [6.07, 6.45) is 7.07. The molecule has 66 heavy (non-hydrogen) atoms. The third kappa shape index (κ3) is 8.82. The number of nitrogens with zero attached hydrogens (tertiary/aromatic N) is 6. The molecule has 6 aromatic carbocycles. The molecule has 0 aliphatic heterocycles. The zero-order chi connectivity index (χ0) is 42.7. The molecule has 0 amide bonds. The van der Waals surface area contributed by atoms with Crippen LogP contribution in [-0.2, 0) is 42.1 Å². The Morgan fingerprint density at radius 3 is 1.61 bits per heavy atom. The molecule has 0 fully saturated rings. The van der Waals surface area contributed by atoms with Crippen LogP contribution < -0.4 is 9.47 Å². The summed E-state index contributed by atoms with van der Waals surface area (Å²) in [6.45, 7) is 0. The molecular formula is C56H36N6O2Pt2. The van der Waals surface area contributed by atoms with Gasteiger partial charge in [-0.15, -0.1) is 18.2 Å². The van der Waals surface area contributed by atoms with Crippen LogP contribution >= 0.6 is 0 Å². The average Bonchev–Trinajstić information content (AvgIpc) is 3.88. The fourth-order valence-electron chi connectivity index (χ4n) is 8.11. The summed E-state index contributed by atoms with van der Waals surface area (Å²) in [4.78, 5) is 17.7. The van der Waals surface area contributed by atoms with E-state index in [9.17, 15) is 0 Å². The molecule has 6 heterocycles. The molecule has 0 spiro atoms. The van der Waals surface area contributed by atoms with Gasteiger partial charge in [-0.2, -0.15) is 24.3 Å². The van der Waals surface area contributed by atoms with Crippen LogP contribution in [0.15, 0.2) is 219 Å². The van der Waals surface area contributed by atoms with E-state index < -0.39 is 0 Å². The SMILES string of the molecule is [Pt+2].[Pt].[c-]1c(Oc2ccccn2)cccc1-c1[c-]c2c(cc1)c1ccccc1n2-c1ccccn1.c1ccc(Oc2cccc(-c3ccc4c5ccccc5n(-c5ccccn5)c4c3)c2)nc1. The van der Waals surface area contributed by atoms with Gasteiger partial charge in [-0.1, -0.05) is 90.3 Å². The van der Waals surface area contributed by atoms with Gasteiger partial charge >= 0.3 is 21.1 Å². The smallest absolute Gasteiger partial charge is 0.460 e. The number of ether oxygens (including phenoxy) is 2. The van der Waals surface area contributed by atoms with Crippen LogP contribution in [0.5, 0.6) is 23.3 Å². The molecule has 12 rings (SSSR count). The van der Waals surface area contributed by atoms with E-state index >= 15 is 0 Å². The standard InChI is InChI=1S/C28H19N3O.C28H17N3O.2Pt/c2*1-2-11-25-23(10-1)24-15-14-21(19-26(24)31(25)27-12-3-5-16-29-27)20-8-7-9-22(18-20)32-28-13-4-6-17-30-28;;/h1-19H;1-17H;;/q;-2;;+2. The predicted octanol–water partition coefficient (Wildman–Crippen LogP) is 13.7. The summed E-state index contributed by atoms with van der Waals surface area (Å²) in [7, 11) is 0. The Morgan fingerprint density at radius 2 is 0.924 bits per heavy atom. The van der Waals surface area contributed by atoms with Gasteiger partial charge in [-0.3, -0.25) is 4.57 Å². The van der Waals surface area contributed by atoms with E-state index in [1.165, 1.54) is 16.2 Å². The second-order valence-corrected chi connectivity index (χ2v) is 14.9. The number of para-hydroxylation sites is 2. The van der Waals surface area contributed by atoms with Gasteiger partial charge in [0.2, 0.25) is 11.8 Å². The van der Waals surface area contributed by atoms with Gasteiger partial charge < -0.3 is 14.0 Å². The molecular weight excluding hydrogens is 1180 g/mol. The molecule has 6 aromatic heterocycles. The zero-order valence-corrected chi connectivity index (χ0v) is 39.5. The van der Waals surface area contributed by atoms with Crippen molar-refractivity contribution in [2.24, 2.45) is 0 Å². The van der Waals surface area contributed by atoms with Gasteiger partial charge in [0, 0.05) is 80.0 Å². The van der Waals surface area contributed by atoms with E-state index in [0.717, 1.165) is 67.1 Å². The van der Waals surface area contributed by atoms with Gasteiger partial charge in [0.05, 0.1) is 11.0 Å². The minimum absolute atomic E-state index is 0. The number of hydrogen-bond donors (Lipinski definition) is 0. The third-order valence-electron chi connectivity index (χ3n) is 11.0. The first-order valence-electron chi connectivity index (χ1n) is 20.9. The molecule has 0 atom stereocenters. The summed E-state index contributed by atoms with van der Waals surface area (Å²) in [5.74, 6) is 4.25. The van der Waals surface area contributed by atoms with Crippen LogP contribution in [0, 0.1) is 12.1 Å². The van der Waals surface area contributed by atoms with E-state index in [0.29, 0.717) is 17.5 Å². The molecule has 8 nitrogen and oxygen atoms in total. The number of fused-ring (bicyclic) bond motifs is 6. The molecule has 10 heteroatoms. The summed E-state index contributed by atoms with van der Waals surface area (Å²) < 4.78 is 16.2. The van der Waals surface area contributed by atoms with Crippen LogP contribution in [0.1, 0.15) is 0 Å². The van der Waals surface area contributed by atoms with Gasteiger partial charge in [0.15, 0.2) is 0 Å². The Morgan fingerprint density at radius 1 is 0.379 bits per heavy atom. The fraction of sp³-hybridized carbons (Fsp3) is 0. The topological polar surface area (TPSA) is 79.9 Å². The third-order valence-corrected chi connectivity index (χ3v) is 11.0. The number of aromatic nitrogens is 6. The Labute approximate surface area is 409 Å². The van der Waals surface area contributed by atoms with Crippen LogP contribution in [0.4, 0.5) is 0 Å². The maximum absolute atomic E-state index is 5.94. The Kier molecular flexibility index (Phi) is 13.1. The minimum atomic E-state index is 0. The van der Waals surface area contributed by atoms with Crippen molar-refractivity contribution in [3.8, 4) is 57.1 Å². The van der Waals surface area contributed by atoms with E-state index in [2.05, 4.69) is 120 Å². The largest absolute Gasteiger partial charge is 2.00 e. The molecule has 0 aliphatic carbocycles. The second-order valence-electron chi connectivity index (χ2n) is 14.9. The Balaban J connectivity index is 0.000000161. The Bertz CT molecular complexity index is 3330. The monoisotopic (exact) mass is 1210 g/mol. The summed E-state index contributed by atoms with van der Waals surface area (Å²) in [6, 6.07) is 71.7. The molecule has 322 valence electrons. The van der Waals surface area contributed by atoms with Gasteiger partial charge in [0.1, 0.15) is 17.4 Å². The van der Waals surface area contributed by atoms with Gasteiger partial charge in [0.25, 0.3) is 0 Å². The van der Waals surface area contributed by atoms with Crippen molar-refractivity contribution in [3.63, 3.8) is 0 Å². The average molecular weight is 1220 g/mol. The van der Waals surface area contributed by atoms with Crippen molar-refractivity contribution < 1.29 is 51.6 Å².